The Bertz CT molecular complexity index is 538. The second-order valence-electron chi connectivity index (χ2n) is 4.18. The van der Waals surface area contributed by atoms with Gasteiger partial charge in [0.25, 0.3) is 5.56 Å². The maximum atomic E-state index is 11.7. The number of rotatable bonds is 4. The van der Waals surface area contributed by atoms with Crippen LogP contribution >= 0.6 is 0 Å². The minimum Gasteiger partial charge on any atom is -0.394 e. The van der Waals surface area contributed by atoms with Gasteiger partial charge in [-0.3, -0.25) is 14.3 Å². The van der Waals surface area contributed by atoms with E-state index in [4.69, 9.17) is 14.6 Å². The molecule has 0 spiro atoms. The van der Waals surface area contributed by atoms with Crippen molar-refractivity contribution in [1.29, 1.82) is 0 Å². The number of aliphatic hydroxyl groups excluding tert-OH is 2. The number of aromatic amines is 1. The van der Waals surface area contributed by atoms with E-state index in [-0.39, 0.29) is 6.61 Å². The van der Waals surface area contributed by atoms with Crippen molar-refractivity contribution in [2.75, 3.05) is 13.2 Å². The van der Waals surface area contributed by atoms with Crippen LogP contribution in [0.15, 0.2) is 21.9 Å². The van der Waals surface area contributed by atoms with Gasteiger partial charge in [0, 0.05) is 18.9 Å². The van der Waals surface area contributed by atoms with Crippen molar-refractivity contribution >= 4 is 0 Å². The summed E-state index contributed by atoms with van der Waals surface area (Å²) in [6, 6.07) is 1.17. The van der Waals surface area contributed by atoms with Crippen LogP contribution in [0.5, 0.6) is 0 Å². The van der Waals surface area contributed by atoms with E-state index < -0.39 is 35.8 Å². The van der Waals surface area contributed by atoms with Crippen molar-refractivity contribution in [1.82, 2.24) is 9.55 Å². The van der Waals surface area contributed by atoms with Crippen LogP contribution in [-0.4, -0.2) is 51.3 Å². The minimum atomic E-state index is -1.05. The number of nitrogens with zero attached hydrogens (tertiary/aromatic N) is 1. The van der Waals surface area contributed by atoms with Crippen molar-refractivity contribution in [2.45, 2.75) is 31.5 Å². The van der Waals surface area contributed by atoms with Gasteiger partial charge in [-0.1, -0.05) is 0 Å². The normalized spacial score (nSPS) is 30.7. The summed E-state index contributed by atoms with van der Waals surface area (Å²) in [5.74, 6) is 0. The van der Waals surface area contributed by atoms with Crippen LogP contribution in [0.4, 0.5) is 0 Å². The lowest BCUT2D eigenvalue weighted by molar-refractivity contribution is -0.0717. The van der Waals surface area contributed by atoms with Gasteiger partial charge in [-0.15, -0.1) is 0 Å². The van der Waals surface area contributed by atoms with E-state index in [9.17, 15) is 14.7 Å². The zero-order valence-corrected chi connectivity index (χ0v) is 10.4. The fourth-order valence-electron chi connectivity index (χ4n) is 2.09. The lowest BCUT2D eigenvalue weighted by Crippen LogP contribution is -2.39. The molecule has 1 aliphatic heterocycles. The van der Waals surface area contributed by atoms with Crippen molar-refractivity contribution < 1.29 is 19.7 Å². The largest absolute Gasteiger partial charge is 0.394 e. The van der Waals surface area contributed by atoms with Crippen LogP contribution in [0, 0.1) is 0 Å². The van der Waals surface area contributed by atoms with E-state index in [1.54, 1.807) is 6.92 Å². The molecule has 0 bridgehead atoms. The molecular formula is C11H16N2O6. The smallest absolute Gasteiger partial charge is 0.330 e. The summed E-state index contributed by atoms with van der Waals surface area (Å²) in [5, 5.41) is 19.1. The molecule has 8 heteroatoms. The van der Waals surface area contributed by atoms with Crippen LogP contribution in [-0.2, 0) is 9.47 Å². The molecule has 8 nitrogen and oxygen atoms in total. The first-order valence-electron chi connectivity index (χ1n) is 5.96. The number of aromatic nitrogens is 2. The minimum absolute atomic E-state index is 0.317. The lowest BCUT2D eigenvalue weighted by atomic mass is 10.1. The van der Waals surface area contributed by atoms with Gasteiger partial charge in [0.05, 0.1) is 6.61 Å². The Balaban J connectivity index is 2.36. The number of ether oxygens (including phenoxy) is 2. The molecule has 1 aromatic rings. The van der Waals surface area contributed by atoms with Gasteiger partial charge in [0.2, 0.25) is 0 Å². The second-order valence-corrected chi connectivity index (χ2v) is 4.18. The SMILES string of the molecule is CCO[C@@H]1[C@H](O)[C@@H](CO)O[C@H]1n1ccc(=O)[nH]c1=O. The van der Waals surface area contributed by atoms with E-state index in [0.717, 1.165) is 4.57 Å². The van der Waals surface area contributed by atoms with Crippen LogP contribution in [0.25, 0.3) is 0 Å². The third-order valence-electron chi connectivity index (χ3n) is 2.98. The fraction of sp³-hybridized carbons (Fsp3) is 0.636. The summed E-state index contributed by atoms with van der Waals surface area (Å²) in [6.07, 6.45) is -2.29. The van der Waals surface area contributed by atoms with Crippen molar-refractivity contribution in [2.24, 2.45) is 0 Å². The summed E-state index contributed by atoms with van der Waals surface area (Å²) < 4.78 is 11.9. The van der Waals surface area contributed by atoms with Crippen molar-refractivity contribution in [3.8, 4) is 0 Å². The Hall–Kier alpha value is -1.48. The molecule has 4 atom stereocenters. The molecule has 0 unspecified atom stereocenters. The van der Waals surface area contributed by atoms with Gasteiger partial charge in [-0.2, -0.15) is 0 Å². The maximum absolute atomic E-state index is 11.7. The Morgan fingerprint density at radius 1 is 1.53 bits per heavy atom. The molecule has 1 aromatic heterocycles. The standard InChI is InChI=1S/C11H16N2O6/c1-2-18-9-8(16)6(5-14)19-10(9)13-4-3-7(15)12-11(13)17/h3-4,6,8-10,14,16H,2,5H2,1H3,(H,12,15,17)/t6-,8-,9-,10-/m1/s1. The summed E-state index contributed by atoms with van der Waals surface area (Å²) in [4.78, 5) is 24.8. The maximum Gasteiger partial charge on any atom is 0.330 e. The van der Waals surface area contributed by atoms with Gasteiger partial charge in [-0.05, 0) is 6.92 Å². The molecule has 1 fully saturated rings. The monoisotopic (exact) mass is 272 g/mol. The molecular weight excluding hydrogens is 256 g/mol. The highest BCUT2D eigenvalue weighted by Gasteiger charge is 2.45. The molecule has 1 saturated heterocycles. The summed E-state index contributed by atoms with van der Waals surface area (Å²) >= 11 is 0. The first-order chi connectivity index (χ1) is 9.08. The summed E-state index contributed by atoms with van der Waals surface area (Å²) in [7, 11) is 0. The van der Waals surface area contributed by atoms with E-state index >= 15 is 0 Å². The Kier molecular flexibility index (Phi) is 4.15. The topological polar surface area (TPSA) is 114 Å². The van der Waals surface area contributed by atoms with Crippen LogP contribution in [0.1, 0.15) is 13.2 Å². The van der Waals surface area contributed by atoms with Crippen molar-refractivity contribution in [3.05, 3.63) is 33.1 Å². The predicted molar refractivity (Wildman–Crippen MR) is 63.7 cm³/mol. The third-order valence-corrected chi connectivity index (χ3v) is 2.98. The summed E-state index contributed by atoms with van der Waals surface area (Å²) in [6.45, 7) is 1.67. The molecule has 19 heavy (non-hydrogen) atoms. The molecule has 0 amide bonds. The molecule has 0 saturated carbocycles. The zero-order chi connectivity index (χ0) is 14.0. The Labute approximate surface area is 108 Å². The number of nitrogens with one attached hydrogen (secondary N) is 1. The Morgan fingerprint density at radius 3 is 2.84 bits per heavy atom. The highest BCUT2D eigenvalue weighted by molar-refractivity contribution is 4.93. The van der Waals surface area contributed by atoms with E-state index in [1.807, 2.05) is 0 Å². The molecule has 106 valence electrons. The second kappa shape index (κ2) is 5.66. The number of hydrogen-bond donors (Lipinski definition) is 3. The van der Waals surface area contributed by atoms with Crippen molar-refractivity contribution in [3.63, 3.8) is 0 Å². The van der Waals surface area contributed by atoms with Gasteiger partial charge in [-0.25, -0.2) is 4.79 Å². The summed E-state index contributed by atoms with van der Waals surface area (Å²) in [5.41, 5.74) is -1.18. The molecule has 0 aliphatic carbocycles. The van der Waals surface area contributed by atoms with Gasteiger partial charge in [0.1, 0.15) is 18.3 Å². The van der Waals surface area contributed by atoms with Gasteiger partial charge in [0.15, 0.2) is 6.23 Å². The molecule has 2 rings (SSSR count). The van der Waals surface area contributed by atoms with Crippen LogP contribution in [0.2, 0.25) is 0 Å². The Morgan fingerprint density at radius 2 is 2.26 bits per heavy atom. The first kappa shape index (κ1) is 13.9. The van der Waals surface area contributed by atoms with Gasteiger partial charge >= 0.3 is 5.69 Å². The predicted octanol–water partition coefficient (Wildman–Crippen LogP) is -1.81. The average Bonchev–Trinajstić information content (AvgIpc) is 2.68. The highest BCUT2D eigenvalue weighted by Crippen LogP contribution is 2.30. The molecule has 2 heterocycles. The number of hydrogen-bond acceptors (Lipinski definition) is 6. The van der Waals surface area contributed by atoms with Gasteiger partial charge < -0.3 is 19.7 Å². The highest BCUT2D eigenvalue weighted by atomic mass is 16.6. The number of H-pyrrole nitrogens is 1. The molecule has 0 radical (unpaired) electrons. The third kappa shape index (κ3) is 2.61. The van der Waals surface area contributed by atoms with E-state index in [2.05, 4.69) is 4.98 Å². The van der Waals surface area contributed by atoms with Crippen LogP contribution in [0.3, 0.4) is 0 Å². The molecule has 0 aromatic carbocycles. The first-order valence-corrected chi connectivity index (χ1v) is 5.96. The van der Waals surface area contributed by atoms with Crippen LogP contribution < -0.4 is 11.2 Å². The number of aliphatic hydroxyl groups is 2. The molecule has 1 aliphatic rings. The average molecular weight is 272 g/mol. The fourth-order valence-corrected chi connectivity index (χ4v) is 2.09. The lowest BCUT2D eigenvalue weighted by Gasteiger charge is -2.21. The zero-order valence-electron chi connectivity index (χ0n) is 10.4. The quantitative estimate of drug-likeness (QED) is 0.595. The van der Waals surface area contributed by atoms with E-state index in [1.165, 1.54) is 12.3 Å². The molecule has 3 N–H and O–H groups in total. The van der Waals surface area contributed by atoms with E-state index in [0.29, 0.717) is 6.61 Å².